The second-order valence-electron chi connectivity index (χ2n) is 7.43. The summed E-state index contributed by atoms with van der Waals surface area (Å²) in [4.78, 5) is 38.9. The molecule has 0 N–H and O–H groups in total. The van der Waals surface area contributed by atoms with Crippen LogP contribution in [-0.2, 0) is 11.3 Å². The number of piperidine rings is 1. The molecule has 1 aromatic heterocycles. The van der Waals surface area contributed by atoms with Crippen LogP contribution in [0, 0.1) is 5.92 Å². The maximum absolute atomic E-state index is 12.7. The first-order valence-corrected chi connectivity index (χ1v) is 9.65. The Morgan fingerprint density at radius 1 is 1.00 bits per heavy atom. The van der Waals surface area contributed by atoms with Crippen LogP contribution in [0.2, 0.25) is 5.02 Å². The van der Waals surface area contributed by atoms with Crippen molar-refractivity contribution in [2.75, 3.05) is 13.1 Å². The summed E-state index contributed by atoms with van der Waals surface area (Å²) in [5.41, 5.74) is 1.64. The van der Waals surface area contributed by atoms with Gasteiger partial charge in [-0.2, -0.15) is 0 Å². The van der Waals surface area contributed by atoms with Gasteiger partial charge in [-0.25, -0.2) is 0 Å². The standard InChI is InChI=1S/C21H21ClN2O3/c22-17-6-4-15(5-7-17)19(25)8-9-20(26)23-11-14-10-16(13-23)18-2-1-3-21(27)24(18)12-14/h1-7,14,16H,8-13H2/t14-,16-/m0/s1. The zero-order chi connectivity index (χ0) is 19.0. The highest BCUT2D eigenvalue weighted by Crippen LogP contribution is 2.35. The second-order valence-corrected chi connectivity index (χ2v) is 7.86. The number of likely N-dealkylation sites (tertiary alicyclic amines) is 1. The van der Waals surface area contributed by atoms with E-state index in [0.29, 0.717) is 36.1 Å². The van der Waals surface area contributed by atoms with Crippen LogP contribution in [-0.4, -0.2) is 34.2 Å². The summed E-state index contributed by atoms with van der Waals surface area (Å²) in [6.07, 6.45) is 1.42. The number of carbonyl (C=O) groups excluding carboxylic acids is 2. The first-order chi connectivity index (χ1) is 13.0. The summed E-state index contributed by atoms with van der Waals surface area (Å²) >= 11 is 5.84. The van der Waals surface area contributed by atoms with Crippen molar-refractivity contribution in [3.8, 4) is 0 Å². The smallest absolute Gasteiger partial charge is 0.250 e. The molecule has 1 fully saturated rings. The van der Waals surface area contributed by atoms with Crippen LogP contribution < -0.4 is 5.56 Å². The lowest BCUT2D eigenvalue weighted by atomic mass is 9.83. The lowest BCUT2D eigenvalue weighted by molar-refractivity contribution is -0.133. The van der Waals surface area contributed by atoms with E-state index in [1.807, 2.05) is 15.5 Å². The third kappa shape index (κ3) is 3.69. The third-order valence-corrected chi connectivity index (χ3v) is 5.82. The largest absolute Gasteiger partial charge is 0.342 e. The number of rotatable bonds is 4. The Morgan fingerprint density at radius 3 is 2.56 bits per heavy atom. The normalized spacial score (nSPS) is 20.9. The van der Waals surface area contributed by atoms with E-state index in [-0.39, 0.29) is 36.0 Å². The maximum atomic E-state index is 12.7. The summed E-state index contributed by atoms with van der Waals surface area (Å²) in [6, 6.07) is 12.1. The van der Waals surface area contributed by atoms with Crippen LogP contribution in [0.3, 0.4) is 0 Å². The number of carbonyl (C=O) groups is 2. The minimum Gasteiger partial charge on any atom is -0.342 e. The molecule has 2 bridgehead atoms. The zero-order valence-corrected chi connectivity index (χ0v) is 15.7. The summed E-state index contributed by atoms with van der Waals surface area (Å²) in [5, 5.41) is 0.585. The Kier molecular flexibility index (Phi) is 4.87. The quantitative estimate of drug-likeness (QED) is 0.761. The summed E-state index contributed by atoms with van der Waals surface area (Å²) in [6.45, 7) is 1.94. The molecule has 6 heteroatoms. The van der Waals surface area contributed by atoms with Crippen molar-refractivity contribution in [2.24, 2.45) is 5.92 Å². The Labute approximate surface area is 162 Å². The fraction of sp³-hybridized carbons (Fsp3) is 0.381. The van der Waals surface area contributed by atoms with Gasteiger partial charge < -0.3 is 9.47 Å². The predicted octanol–water partition coefficient (Wildman–Crippen LogP) is 3.11. The molecule has 2 aliphatic heterocycles. The number of benzene rings is 1. The van der Waals surface area contributed by atoms with Gasteiger partial charge in [0.05, 0.1) is 0 Å². The average Bonchev–Trinajstić information content (AvgIpc) is 2.67. The number of Topliss-reactive ketones (excluding diaryl/α,β-unsaturated/α-hetero) is 1. The van der Waals surface area contributed by atoms with Gasteiger partial charge in [-0.05, 0) is 42.7 Å². The van der Waals surface area contributed by atoms with Crippen molar-refractivity contribution in [1.82, 2.24) is 9.47 Å². The van der Waals surface area contributed by atoms with Gasteiger partial charge in [-0.15, -0.1) is 0 Å². The SMILES string of the molecule is O=C(CCC(=O)N1C[C@@H]2C[C@@H](C1)c1cccc(=O)n1C2)c1ccc(Cl)cc1. The molecule has 3 heterocycles. The van der Waals surface area contributed by atoms with E-state index in [4.69, 9.17) is 11.6 Å². The number of hydrogen-bond acceptors (Lipinski definition) is 3. The molecule has 1 aromatic carbocycles. The number of pyridine rings is 1. The Bertz CT molecular complexity index is 935. The molecular formula is C21H21ClN2O3. The summed E-state index contributed by atoms with van der Waals surface area (Å²) in [5.74, 6) is 0.461. The van der Waals surface area contributed by atoms with Crippen LogP contribution in [0.4, 0.5) is 0 Å². The minimum atomic E-state index is -0.0471. The number of aromatic nitrogens is 1. The fourth-order valence-electron chi connectivity index (χ4n) is 4.26. The van der Waals surface area contributed by atoms with Crippen molar-refractivity contribution >= 4 is 23.3 Å². The zero-order valence-electron chi connectivity index (χ0n) is 14.9. The molecule has 0 saturated carbocycles. The van der Waals surface area contributed by atoms with Gasteiger partial charge in [0.15, 0.2) is 5.78 Å². The average molecular weight is 385 g/mol. The predicted molar refractivity (Wildman–Crippen MR) is 103 cm³/mol. The van der Waals surface area contributed by atoms with E-state index in [1.54, 1.807) is 36.4 Å². The van der Waals surface area contributed by atoms with Crippen molar-refractivity contribution in [2.45, 2.75) is 31.7 Å². The summed E-state index contributed by atoms with van der Waals surface area (Å²) in [7, 11) is 0. The number of nitrogens with zero attached hydrogens (tertiary/aromatic N) is 2. The van der Waals surface area contributed by atoms with Crippen LogP contribution >= 0.6 is 11.6 Å². The third-order valence-electron chi connectivity index (χ3n) is 5.56. The second kappa shape index (κ2) is 7.31. The topological polar surface area (TPSA) is 59.4 Å². The van der Waals surface area contributed by atoms with Crippen molar-refractivity contribution in [1.29, 1.82) is 0 Å². The molecule has 1 amide bonds. The highest BCUT2D eigenvalue weighted by molar-refractivity contribution is 6.30. The molecule has 2 aliphatic rings. The van der Waals surface area contributed by atoms with Crippen molar-refractivity contribution in [3.63, 3.8) is 0 Å². The Balaban J connectivity index is 1.40. The molecule has 2 aromatic rings. The minimum absolute atomic E-state index is 0.0127. The number of hydrogen-bond donors (Lipinski definition) is 0. The Morgan fingerprint density at radius 2 is 1.78 bits per heavy atom. The number of halogens is 1. The van der Waals surface area contributed by atoms with Gasteiger partial charge >= 0.3 is 0 Å². The highest BCUT2D eigenvalue weighted by Gasteiger charge is 2.36. The molecular weight excluding hydrogens is 364 g/mol. The van der Waals surface area contributed by atoms with E-state index >= 15 is 0 Å². The van der Waals surface area contributed by atoms with Crippen molar-refractivity contribution < 1.29 is 9.59 Å². The van der Waals surface area contributed by atoms with E-state index in [2.05, 4.69) is 0 Å². The summed E-state index contributed by atoms with van der Waals surface area (Å²) < 4.78 is 1.85. The van der Waals surface area contributed by atoms with E-state index in [0.717, 1.165) is 12.1 Å². The van der Waals surface area contributed by atoms with Crippen LogP contribution in [0.1, 0.15) is 41.2 Å². The van der Waals surface area contributed by atoms with E-state index < -0.39 is 0 Å². The van der Waals surface area contributed by atoms with Crippen LogP contribution in [0.5, 0.6) is 0 Å². The van der Waals surface area contributed by atoms with Crippen LogP contribution in [0.15, 0.2) is 47.3 Å². The first-order valence-electron chi connectivity index (χ1n) is 9.27. The Hall–Kier alpha value is -2.40. The number of amides is 1. The van der Waals surface area contributed by atoms with E-state index in [1.165, 1.54) is 0 Å². The highest BCUT2D eigenvalue weighted by atomic mass is 35.5. The molecule has 4 rings (SSSR count). The van der Waals surface area contributed by atoms with Gasteiger partial charge in [0.25, 0.3) is 5.56 Å². The molecule has 0 unspecified atom stereocenters. The lowest BCUT2D eigenvalue weighted by Gasteiger charge is -2.42. The molecule has 0 spiro atoms. The van der Waals surface area contributed by atoms with Crippen LogP contribution in [0.25, 0.3) is 0 Å². The molecule has 1 saturated heterocycles. The van der Waals surface area contributed by atoms with Gasteiger partial charge in [0.2, 0.25) is 5.91 Å². The monoisotopic (exact) mass is 384 g/mol. The van der Waals surface area contributed by atoms with E-state index in [9.17, 15) is 14.4 Å². The molecule has 27 heavy (non-hydrogen) atoms. The molecule has 2 atom stereocenters. The molecule has 140 valence electrons. The molecule has 5 nitrogen and oxygen atoms in total. The molecule has 0 radical (unpaired) electrons. The lowest BCUT2D eigenvalue weighted by Crippen LogP contribution is -2.49. The van der Waals surface area contributed by atoms with Gasteiger partial charge in [0, 0.05) is 60.7 Å². The van der Waals surface area contributed by atoms with Gasteiger partial charge in [-0.3, -0.25) is 14.4 Å². The molecule has 0 aliphatic carbocycles. The maximum Gasteiger partial charge on any atom is 0.250 e. The fourth-order valence-corrected chi connectivity index (χ4v) is 4.38. The van der Waals surface area contributed by atoms with Crippen molar-refractivity contribution in [3.05, 3.63) is 69.1 Å². The van der Waals surface area contributed by atoms with Gasteiger partial charge in [-0.1, -0.05) is 17.7 Å². The number of fused-ring (bicyclic) bond motifs is 4. The first kappa shape index (κ1) is 18.0. The number of ketones is 1. The van der Waals surface area contributed by atoms with Gasteiger partial charge in [0.1, 0.15) is 0 Å².